The van der Waals surface area contributed by atoms with Crippen LogP contribution < -0.4 is 5.32 Å². The van der Waals surface area contributed by atoms with Crippen LogP contribution in [-0.2, 0) is 11.3 Å². The molecular weight excluding hydrogens is 276 g/mol. The van der Waals surface area contributed by atoms with Crippen LogP contribution in [0.25, 0.3) is 6.08 Å². The SMILES string of the molecule is O=C(O)C=Cc1csc(CNC(=O)N2CCCCC2)c1. The Balaban J connectivity index is 1.81. The minimum absolute atomic E-state index is 0.0132. The van der Waals surface area contributed by atoms with E-state index in [-0.39, 0.29) is 6.03 Å². The summed E-state index contributed by atoms with van der Waals surface area (Å²) in [5.74, 6) is -0.962. The molecule has 1 aromatic heterocycles. The van der Waals surface area contributed by atoms with Crippen molar-refractivity contribution in [3.05, 3.63) is 28.0 Å². The first-order valence-electron chi connectivity index (χ1n) is 6.66. The molecule has 0 spiro atoms. The fourth-order valence-electron chi connectivity index (χ4n) is 2.12. The molecule has 0 saturated carbocycles. The molecule has 6 heteroatoms. The third-order valence-electron chi connectivity index (χ3n) is 3.15. The Labute approximate surface area is 121 Å². The molecule has 2 rings (SSSR count). The maximum Gasteiger partial charge on any atom is 0.328 e. The minimum atomic E-state index is -0.962. The van der Waals surface area contributed by atoms with Gasteiger partial charge < -0.3 is 15.3 Å². The summed E-state index contributed by atoms with van der Waals surface area (Å²) < 4.78 is 0. The first kappa shape index (κ1) is 14.6. The van der Waals surface area contributed by atoms with Crippen LogP contribution in [0.2, 0.25) is 0 Å². The Morgan fingerprint density at radius 3 is 2.80 bits per heavy atom. The molecule has 0 aromatic carbocycles. The topological polar surface area (TPSA) is 69.6 Å². The zero-order valence-electron chi connectivity index (χ0n) is 11.2. The number of urea groups is 1. The summed E-state index contributed by atoms with van der Waals surface area (Å²) in [6.45, 7) is 2.16. The molecule has 0 aliphatic carbocycles. The third kappa shape index (κ3) is 4.38. The molecule has 0 atom stereocenters. The van der Waals surface area contributed by atoms with Crippen LogP contribution in [0, 0.1) is 0 Å². The third-order valence-corrected chi connectivity index (χ3v) is 4.10. The van der Waals surface area contributed by atoms with Crippen LogP contribution in [0.15, 0.2) is 17.5 Å². The largest absolute Gasteiger partial charge is 0.478 e. The number of carboxylic acids is 1. The molecule has 5 nitrogen and oxygen atoms in total. The van der Waals surface area contributed by atoms with Crippen molar-refractivity contribution in [2.24, 2.45) is 0 Å². The summed E-state index contributed by atoms with van der Waals surface area (Å²) in [5.41, 5.74) is 0.847. The molecule has 1 aromatic rings. The number of carbonyl (C=O) groups is 2. The van der Waals surface area contributed by atoms with Gasteiger partial charge in [0.15, 0.2) is 0 Å². The van der Waals surface area contributed by atoms with E-state index in [2.05, 4.69) is 5.32 Å². The van der Waals surface area contributed by atoms with E-state index in [1.54, 1.807) is 6.08 Å². The van der Waals surface area contributed by atoms with Gasteiger partial charge in [0.25, 0.3) is 0 Å². The van der Waals surface area contributed by atoms with Gasteiger partial charge in [-0.05, 0) is 42.3 Å². The highest BCUT2D eigenvalue weighted by molar-refractivity contribution is 7.10. The molecule has 0 bridgehead atoms. The lowest BCUT2D eigenvalue weighted by Crippen LogP contribution is -2.42. The zero-order valence-corrected chi connectivity index (χ0v) is 12.0. The fraction of sp³-hybridized carbons (Fsp3) is 0.429. The second-order valence-electron chi connectivity index (χ2n) is 4.72. The van der Waals surface area contributed by atoms with E-state index in [0.717, 1.165) is 42.4 Å². The summed E-state index contributed by atoms with van der Waals surface area (Å²) >= 11 is 1.51. The monoisotopic (exact) mass is 294 g/mol. The van der Waals surface area contributed by atoms with E-state index in [1.165, 1.54) is 17.8 Å². The van der Waals surface area contributed by atoms with Crippen molar-refractivity contribution in [3.8, 4) is 0 Å². The maximum absolute atomic E-state index is 11.9. The average molecular weight is 294 g/mol. The number of hydrogen-bond donors (Lipinski definition) is 2. The number of thiophene rings is 1. The number of likely N-dealkylation sites (tertiary alicyclic amines) is 1. The highest BCUT2D eigenvalue weighted by Crippen LogP contribution is 2.16. The zero-order chi connectivity index (χ0) is 14.4. The van der Waals surface area contributed by atoms with Crippen molar-refractivity contribution >= 4 is 29.4 Å². The normalized spacial score (nSPS) is 15.5. The second kappa shape index (κ2) is 7.09. The number of nitrogens with zero attached hydrogens (tertiary/aromatic N) is 1. The number of rotatable bonds is 4. The van der Waals surface area contributed by atoms with Crippen LogP contribution in [0.4, 0.5) is 4.79 Å². The van der Waals surface area contributed by atoms with Crippen molar-refractivity contribution in [2.45, 2.75) is 25.8 Å². The standard InChI is InChI=1S/C14H18N2O3S/c17-13(18)5-4-11-8-12(20-10-11)9-15-14(19)16-6-2-1-3-7-16/h4-5,8,10H,1-3,6-7,9H2,(H,15,19)(H,17,18). The van der Waals surface area contributed by atoms with Crippen LogP contribution in [0.1, 0.15) is 29.7 Å². The lowest BCUT2D eigenvalue weighted by molar-refractivity contribution is -0.131. The molecule has 20 heavy (non-hydrogen) atoms. The Kier molecular flexibility index (Phi) is 5.17. The molecule has 0 radical (unpaired) electrons. The van der Waals surface area contributed by atoms with E-state index in [4.69, 9.17) is 5.11 Å². The number of nitrogens with one attached hydrogen (secondary N) is 1. The van der Waals surface area contributed by atoms with Gasteiger partial charge in [0.05, 0.1) is 6.54 Å². The predicted octanol–water partition coefficient (Wildman–Crippen LogP) is 2.54. The number of carbonyl (C=O) groups excluding carboxylic acids is 1. The van der Waals surface area contributed by atoms with Gasteiger partial charge in [-0.1, -0.05) is 0 Å². The molecule has 2 heterocycles. The molecule has 2 N–H and O–H groups in total. The molecule has 1 aliphatic heterocycles. The quantitative estimate of drug-likeness (QED) is 0.838. The van der Waals surface area contributed by atoms with Crippen LogP contribution >= 0.6 is 11.3 Å². The van der Waals surface area contributed by atoms with Gasteiger partial charge in [-0.3, -0.25) is 0 Å². The highest BCUT2D eigenvalue weighted by Gasteiger charge is 2.15. The number of aliphatic carboxylic acids is 1. The van der Waals surface area contributed by atoms with E-state index < -0.39 is 5.97 Å². The maximum atomic E-state index is 11.9. The van der Waals surface area contributed by atoms with Crippen molar-refractivity contribution < 1.29 is 14.7 Å². The summed E-state index contributed by atoms with van der Waals surface area (Å²) in [5, 5.41) is 13.3. The first-order chi connectivity index (χ1) is 9.65. The summed E-state index contributed by atoms with van der Waals surface area (Å²) in [6.07, 6.45) is 6.02. The smallest absolute Gasteiger partial charge is 0.328 e. The lowest BCUT2D eigenvalue weighted by Gasteiger charge is -2.26. The second-order valence-corrected chi connectivity index (χ2v) is 5.72. The Morgan fingerprint density at radius 1 is 1.35 bits per heavy atom. The molecule has 1 saturated heterocycles. The van der Waals surface area contributed by atoms with Crippen molar-refractivity contribution in [1.29, 1.82) is 0 Å². The number of hydrogen-bond acceptors (Lipinski definition) is 3. The van der Waals surface area contributed by atoms with E-state index in [9.17, 15) is 9.59 Å². The van der Waals surface area contributed by atoms with Gasteiger partial charge in [0, 0.05) is 24.0 Å². The van der Waals surface area contributed by atoms with Gasteiger partial charge in [0.1, 0.15) is 0 Å². The summed E-state index contributed by atoms with van der Waals surface area (Å²) in [6, 6.07) is 1.88. The molecular formula is C14H18N2O3S. The molecule has 2 amide bonds. The van der Waals surface area contributed by atoms with E-state index >= 15 is 0 Å². The van der Waals surface area contributed by atoms with E-state index in [1.807, 2.05) is 16.3 Å². The van der Waals surface area contributed by atoms with Gasteiger partial charge in [-0.15, -0.1) is 11.3 Å². The van der Waals surface area contributed by atoms with Crippen molar-refractivity contribution in [1.82, 2.24) is 10.2 Å². The van der Waals surface area contributed by atoms with Gasteiger partial charge in [-0.2, -0.15) is 0 Å². The fourth-order valence-corrected chi connectivity index (χ4v) is 2.91. The van der Waals surface area contributed by atoms with Gasteiger partial charge >= 0.3 is 12.0 Å². The van der Waals surface area contributed by atoms with Gasteiger partial charge in [-0.25, -0.2) is 9.59 Å². The van der Waals surface area contributed by atoms with Crippen LogP contribution in [0.5, 0.6) is 0 Å². The first-order valence-corrected chi connectivity index (χ1v) is 7.54. The van der Waals surface area contributed by atoms with Crippen molar-refractivity contribution in [3.63, 3.8) is 0 Å². The van der Waals surface area contributed by atoms with Gasteiger partial charge in [0.2, 0.25) is 0 Å². The van der Waals surface area contributed by atoms with Crippen LogP contribution in [0.3, 0.4) is 0 Å². The number of piperidine rings is 1. The summed E-state index contributed by atoms with van der Waals surface area (Å²) in [4.78, 5) is 25.2. The molecule has 1 fully saturated rings. The predicted molar refractivity (Wildman–Crippen MR) is 78.6 cm³/mol. The van der Waals surface area contributed by atoms with Crippen molar-refractivity contribution in [2.75, 3.05) is 13.1 Å². The van der Waals surface area contributed by atoms with E-state index in [0.29, 0.717) is 6.54 Å². The average Bonchev–Trinajstić information content (AvgIpc) is 2.91. The Bertz CT molecular complexity index is 504. The minimum Gasteiger partial charge on any atom is -0.478 e. The van der Waals surface area contributed by atoms with Crippen LogP contribution in [-0.4, -0.2) is 35.1 Å². The summed E-state index contributed by atoms with van der Waals surface area (Å²) in [7, 11) is 0. The number of amides is 2. The lowest BCUT2D eigenvalue weighted by atomic mass is 10.1. The Hall–Kier alpha value is -1.82. The molecule has 1 aliphatic rings. The molecule has 108 valence electrons. The highest BCUT2D eigenvalue weighted by atomic mass is 32.1. The number of carboxylic acid groups (broad SMARTS) is 1. The Morgan fingerprint density at radius 2 is 2.10 bits per heavy atom. The molecule has 0 unspecified atom stereocenters.